The molecule has 4 nitrogen and oxygen atoms in total. The molecule has 0 rings (SSSR count). The largest absolute Gasteiger partial charge is 0.460 e. The molecule has 0 aliphatic carbocycles. The molecule has 16 heavy (non-hydrogen) atoms. The fourth-order valence-electron chi connectivity index (χ4n) is 0.521. The van der Waals surface area contributed by atoms with Crippen LogP contribution in [0.1, 0.15) is 0 Å². The summed E-state index contributed by atoms with van der Waals surface area (Å²) >= 11 is 12.4. The van der Waals surface area contributed by atoms with Crippen LogP contribution in [0, 0.1) is 0 Å². The maximum absolute atomic E-state index is 10.8. The van der Waals surface area contributed by atoms with Crippen LogP contribution in [0.3, 0.4) is 0 Å². The number of esters is 2. The highest BCUT2D eigenvalue weighted by Crippen LogP contribution is 2.18. The maximum atomic E-state index is 10.8. The number of alkyl halides is 2. The van der Waals surface area contributed by atoms with Gasteiger partial charge in [0.25, 0.3) is 0 Å². The van der Waals surface area contributed by atoms with Gasteiger partial charge >= 0.3 is 11.9 Å². The number of rotatable bonds is 6. The Labute approximate surface area is 127 Å². The van der Waals surface area contributed by atoms with Crippen molar-refractivity contribution < 1.29 is 19.1 Å². The van der Waals surface area contributed by atoms with Gasteiger partial charge in [-0.15, -0.1) is 0 Å². The Morgan fingerprint density at radius 3 is 1.38 bits per heavy atom. The third-order valence-corrected chi connectivity index (χ3v) is 4.10. The Kier molecular flexibility index (Phi) is 9.97. The molecule has 0 amide bonds. The highest BCUT2D eigenvalue weighted by atomic mass is 79.9. The highest BCUT2D eigenvalue weighted by Gasteiger charge is 2.07. The van der Waals surface area contributed by atoms with Gasteiger partial charge in [0, 0.05) is 8.96 Å². The topological polar surface area (TPSA) is 52.6 Å². The van der Waals surface area contributed by atoms with Crippen LogP contribution in [-0.4, -0.2) is 35.8 Å². The van der Waals surface area contributed by atoms with Crippen molar-refractivity contribution in [3.63, 3.8) is 0 Å². The molecule has 0 N–H and O–H groups in total. The summed E-state index contributed by atoms with van der Waals surface area (Å²) < 4.78 is 10.9. The number of hydrogen-bond donors (Lipinski definition) is 0. The molecule has 0 unspecified atom stereocenters. The summed E-state index contributed by atoms with van der Waals surface area (Å²) in [4.78, 5) is 21.7. The SMILES string of the molecule is O=C(CBr)OC/C(Br)=C(\Br)COC(=O)CBr. The lowest BCUT2D eigenvalue weighted by Crippen LogP contribution is -2.10. The monoisotopic (exact) mass is 484 g/mol. The molecule has 0 atom stereocenters. The van der Waals surface area contributed by atoms with Crippen molar-refractivity contribution in [1.82, 2.24) is 0 Å². The van der Waals surface area contributed by atoms with E-state index in [9.17, 15) is 9.59 Å². The van der Waals surface area contributed by atoms with Gasteiger partial charge < -0.3 is 9.47 Å². The molecule has 0 bridgehead atoms. The highest BCUT2D eigenvalue weighted by molar-refractivity contribution is 9.14. The van der Waals surface area contributed by atoms with E-state index >= 15 is 0 Å². The van der Waals surface area contributed by atoms with Crippen LogP contribution in [0.2, 0.25) is 0 Å². The molecular weight excluding hydrogens is 480 g/mol. The molecule has 0 saturated heterocycles. The van der Waals surface area contributed by atoms with Crippen LogP contribution in [0.5, 0.6) is 0 Å². The van der Waals surface area contributed by atoms with Crippen molar-refractivity contribution in [3.8, 4) is 0 Å². The van der Waals surface area contributed by atoms with Crippen LogP contribution in [0.15, 0.2) is 8.96 Å². The number of ether oxygens (including phenoxy) is 2. The molecule has 92 valence electrons. The zero-order chi connectivity index (χ0) is 12.6. The third-order valence-electron chi connectivity index (χ3n) is 1.23. The Hall–Kier alpha value is 0.600. The number of hydrogen-bond acceptors (Lipinski definition) is 4. The van der Waals surface area contributed by atoms with Gasteiger partial charge in [-0.25, -0.2) is 0 Å². The van der Waals surface area contributed by atoms with E-state index in [0.717, 1.165) is 0 Å². The van der Waals surface area contributed by atoms with Gasteiger partial charge in [0.15, 0.2) is 0 Å². The summed E-state index contributed by atoms with van der Waals surface area (Å²) in [6, 6.07) is 0. The maximum Gasteiger partial charge on any atom is 0.316 e. The Balaban J connectivity index is 4.04. The Morgan fingerprint density at radius 1 is 0.812 bits per heavy atom. The van der Waals surface area contributed by atoms with E-state index in [2.05, 4.69) is 63.7 Å². The normalized spacial score (nSPS) is 11.8. The first kappa shape index (κ1) is 16.6. The van der Waals surface area contributed by atoms with Crippen LogP contribution < -0.4 is 0 Å². The summed E-state index contributed by atoms with van der Waals surface area (Å²) in [5, 5.41) is 0.285. The van der Waals surface area contributed by atoms with E-state index in [1.54, 1.807) is 0 Å². The van der Waals surface area contributed by atoms with Crippen molar-refractivity contribution in [2.75, 3.05) is 23.9 Å². The molecule has 0 aromatic carbocycles. The summed E-state index contributed by atoms with van der Waals surface area (Å²) in [6.45, 7) is 0.188. The van der Waals surface area contributed by atoms with Crippen molar-refractivity contribution >= 4 is 75.7 Å². The van der Waals surface area contributed by atoms with Gasteiger partial charge in [-0.3, -0.25) is 9.59 Å². The molecule has 0 aromatic rings. The van der Waals surface area contributed by atoms with Gasteiger partial charge in [0.2, 0.25) is 0 Å². The Morgan fingerprint density at radius 2 is 1.12 bits per heavy atom. The molecule has 0 saturated carbocycles. The smallest absolute Gasteiger partial charge is 0.316 e. The van der Waals surface area contributed by atoms with Gasteiger partial charge in [-0.1, -0.05) is 63.7 Å². The first-order valence-corrected chi connectivity index (χ1v) is 7.80. The minimum atomic E-state index is -0.366. The van der Waals surface area contributed by atoms with Gasteiger partial charge in [0.05, 0.1) is 0 Å². The fourth-order valence-corrected chi connectivity index (χ4v) is 1.30. The third kappa shape index (κ3) is 7.81. The molecule has 0 heterocycles. The van der Waals surface area contributed by atoms with Gasteiger partial charge in [-0.2, -0.15) is 0 Å². The second-order valence-corrected chi connectivity index (χ2v) is 5.43. The molecule has 0 fully saturated rings. The minimum absolute atomic E-state index is 0.0941. The van der Waals surface area contributed by atoms with Crippen LogP contribution in [0.25, 0.3) is 0 Å². The van der Waals surface area contributed by atoms with Crippen LogP contribution in [-0.2, 0) is 19.1 Å². The van der Waals surface area contributed by atoms with Gasteiger partial charge in [-0.05, 0) is 0 Å². The van der Waals surface area contributed by atoms with Crippen molar-refractivity contribution in [1.29, 1.82) is 0 Å². The van der Waals surface area contributed by atoms with Crippen molar-refractivity contribution in [2.45, 2.75) is 0 Å². The minimum Gasteiger partial charge on any atom is -0.460 e. The quantitative estimate of drug-likeness (QED) is 0.427. The molecule has 0 aliphatic rings. The standard InChI is InChI=1S/C8H8Br4O4/c9-1-7(13)15-3-5(11)6(12)4-16-8(14)2-10/h1-4H2/b6-5+. The van der Waals surface area contributed by atoms with Crippen LogP contribution in [0.4, 0.5) is 0 Å². The first-order valence-electron chi connectivity index (χ1n) is 3.97. The molecule has 0 aliphatic heterocycles. The van der Waals surface area contributed by atoms with E-state index in [1.165, 1.54) is 0 Å². The summed E-state index contributed by atoms with van der Waals surface area (Å²) in [6.07, 6.45) is 0. The van der Waals surface area contributed by atoms with Crippen molar-refractivity contribution in [3.05, 3.63) is 8.96 Å². The number of carbonyl (C=O) groups is 2. The molecule has 0 spiro atoms. The Bertz CT molecular complexity index is 262. The summed E-state index contributed by atoms with van der Waals surface area (Å²) in [7, 11) is 0. The molecular formula is C8H8Br4O4. The van der Waals surface area contributed by atoms with Gasteiger partial charge in [0.1, 0.15) is 23.9 Å². The average molecular weight is 488 g/mol. The van der Waals surface area contributed by atoms with E-state index in [1.807, 2.05) is 0 Å². The summed E-state index contributed by atoms with van der Waals surface area (Å²) in [5.74, 6) is -0.732. The van der Waals surface area contributed by atoms with E-state index in [-0.39, 0.29) is 35.8 Å². The molecule has 0 aromatic heterocycles. The fraction of sp³-hybridized carbons (Fsp3) is 0.500. The van der Waals surface area contributed by atoms with E-state index in [4.69, 9.17) is 9.47 Å². The lowest BCUT2D eigenvalue weighted by molar-refractivity contribution is -0.140. The summed E-state index contributed by atoms with van der Waals surface area (Å²) in [5.41, 5.74) is 0. The molecule has 8 heteroatoms. The number of halogens is 4. The predicted octanol–water partition coefficient (Wildman–Crippen LogP) is 2.86. The van der Waals surface area contributed by atoms with E-state index in [0.29, 0.717) is 8.96 Å². The predicted molar refractivity (Wildman–Crippen MR) is 74.4 cm³/mol. The zero-order valence-corrected chi connectivity index (χ0v) is 14.3. The second kappa shape index (κ2) is 9.61. The zero-order valence-electron chi connectivity index (χ0n) is 7.97. The first-order chi connectivity index (χ1) is 7.51. The number of carbonyl (C=O) groups excluding carboxylic acids is 2. The lowest BCUT2D eigenvalue weighted by Gasteiger charge is -2.06. The second-order valence-electron chi connectivity index (χ2n) is 2.40. The van der Waals surface area contributed by atoms with E-state index < -0.39 is 0 Å². The van der Waals surface area contributed by atoms with Crippen molar-refractivity contribution in [2.24, 2.45) is 0 Å². The van der Waals surface area contributed by atoms with Crippen LogP contribution >= 0.6 is 63.7 Å². The average Bonchev–Trinajstić information content (AvgIpc) is 2.31. The lowest BCUT2D eigenvalue weighted by atomic mass is 10.5. The molecule has 0 radical (unpaired) electrons.